The number of amides is 2. The summed E-state index contributed by atoms with van der Waals surface area (Å²) in [6.07, 6.45) is 0. The zero-order valence-electron chi connectivity index (χ0n) is 5.70. The van der Waals surface area contributed by atoms with E-state index in [-0.39, 0.29) is 6.54 Å². The summed E-state index contributed by atoms with van der Waals surface area (Å²) in [6.45, 7) is 1.44. The molecule has 1 N–H and O–H groups in total. The third-order valence-corrected chi connectivity index (χ3v) is 2.67. The molecule has 6 nitrogen and oxygen atoms in total. The standard InChI is InChI=1S/C4H6N2O4S/c1-2-6-4(8)3(7)5-11(6,9)10/h2H2,1H3,(H,5,7). The first-order valence-electron chi connectivity index (χ1n) is 2.88. The highest BCUT2D eigenvalue weighted by Gasteiger charge is 2.40. The fourth-order valence-corrected chi connectivity index (χ4v) is 1.82. The van der Waals surface area contributed by atoms with E-state index in [2.05, 4.69) is 0 Å². The van der Waals surface area contributed by atoms with Crippen molar-refractivity contribution in [2.24, 2.45) is 0 Å². The van der Waals surface area contributed by atoms with E-state index < -0.39 is 22.0 Å². The van der Waals surface area contributed by atoms with Crippen LogP contribution in [0.25, 0.3) is 0 Å². The Balaban J connectivity index is 3.11. The first-order chi connectivity index (χ1) is 4.99. The second-order valence-corrected chi connectivity index (χ2v) is 3.50. The molecule has 0 spiro atoms. The fraction of sp³-hybridized carbons (Fsp3) is 0.500. The van der Waals surface area contributed by atoms with Gasteiger partial charge in [0.2, 0.25) is 0 Å². The van der Waals surface area contributed by atoms with Gasteiger partial charge in [-0.15, -0.1) is 0 Å². The molecule has 11 heavy (non-hydrogen) atoms. The van der Waals surface area contributed by atoms with Gasteiger partial charge in [0.1, 0.15) is 0 Å². The molecule has 0 atom stereocenters. The zero-order valence-corrected chi connectivity index (χ0v) is 6.51. The monoisotopic (exact) mass is 178 g/mol. The number of hydrogen-bond acceptors (Lipinski definition) is 4. The van der Waals surface area contributed by atoms with Crippen LogP contribution in [0.15, 0.2) is 0 Å². The van der Waals surface area contributed by atoms with Gasteiger partial charge in [0, 0.05) is 6.54 Å². The van der Waals surface area contributed by atoms with Crippen molar-refractivity contribution in [3.8, 4) is 0 Å². The van der Waals surface area contributed by atoms with Crippen LogP contribution in [-0.2, 0) is 19.8 Å². The van der Waals surface area contributed by atoms with E-state index in [1.807, 2.05) is 0 Å². The van der Waals surface area contributed by atoms with Gasteiger partial charge in [-0.1, -0.05) is 0 Å². The van der Waals surface area contributed by atoms with Crippen molar-refractivity contribution in [3.05, 3.63) is 0 Å². The van der Waals surface area contributed by atoms with Crippen LogP contribution < -0.4 is 4.72 Å². The molecule has 1 heterocycles. The highest BCUT2D eigenvalue weighted by atomic mass is 32.2. The molecule has 1 rings (SSSR count). The van der Waals surface area contributed by atoms with Crippen LogP contribution >= 0.6 is 0 Å². The Morgan fingerprint density at radius 3 is 2.18 bits per heavy atom. The molecule has 1 saturated heterocycles. The average Bonchev–Trinajstić information content (AvgIpc) is 2.03. The summed E-state index contributed by atoms with van der Waals surface area (Å²) in [5.41, 5.74) is 0. The maximum absolute atomic E-state index is 10.8. The normalized spacial score (nSPS) is 22.1. The van der Waals surface area contributed by atoms with Crippen LogP contribution in [0.3, 0.4) is 0 Å². The summed E-state index contributed by atoms with van der Waals surface area (Å²) in [6, 6.07) is 0. The quantitative estimate of drug-likeness (QED) is 0.480. The predicted octanol–water partition coefficient (Wildman–Crippen LogP) is -1.79. The van der Waals surface area contributed by atoms with Crippen LogP contribution in [0.1, 0.15) is 6.92 Å². The minimum atomic E-state index is -3.85. The second-order valence-electron chi connectivity index (χ2n) is 1.91. The lowest BCUT2D eigenvalue weighted by Gasteiger charge is -2.07. The number of carbonyl (C=O) groups excluding carboxylic acids is 2. The fourth-order valence-electron chi connectivity index (χ4n) is 0.752. The van der Waals surface area contributed by atoms with Crippen LogP contribution in [0, 0.1) is 0 Å². The zero-order chi connectivity index (χ0) is 8.65. The molecule has 1 fully saturated rings. The summed E-state index contributed by atoms with van der Waals surface area (Å²) in [7, 11) is -3.85. The third-order valence-electron chi connectivity index (χ3n) is 1.22. The number of nitrogens with zero attached hydrogens (tertiary/aromatic N) is 1. The minimum Gasteiger partial charge on any atom is -0.262 e. The van der Waals surface area contributed by atoms with Crippen LogP contribution in [-0.4, -0.2) is 31.1 Å². The van der Waals surface area contributed by atoms with Crippen molar-refractivity contribution in [1.82, 2.24) is 9.03 Å². The van der Waals surface area contributed by atoms with Gasteiger partial charge in [0.15, 0.2) is 0 Å². The van der Waals surface area contributed by atoms with Gasteiger partial charge in [-0.3, -0.25) is 9.59 Å². The molecular weight excluding hydrogens is 172 g/mol. The lowest BCUT2D eigenvalue weighted by molar-refractivity contribution is -0.139. The number of carbonyl (C=O) groups is 2. The molecular formula is C4H6N2O4S. The van der Waals surface area contributed by atoms with Gasteiger partial charge in [0.25, 0.3) is 0 Å². The lowest BCUT2D eigenvalue weighted by Crippen LogP contribution is -2.31. The topological polar surface area (TPSA) is 83.6 Å². The summed E-state index contributed by atoms with van der Waals surface area (Å²) in [4.78, 5) is 21.2. The van der Waals surface area contributed by atoms with Crippen molar-refractivity contribution in [2.75, 3.05) is 6.54 Å². The Morgan fingerprint density at radius 2 is 2.00 bits per heavy atom. The molecule has 1 aliphatic rings. The van der Waals surface area contributed by atoms with Gasteiger partial charge in [-0.2, -0.15) is 8.42 Å². The molecule has 62 valence electrons. The van der Waals surface area contributed by atoms with Crippen molar-refractivity contribution >= 4 is 22.0 Å². The van der Waals surface area contributed by atoms with Crippen LogP contribution in [0.2, 0.25) is 0 Å². The molecule has 0 bridgehead atoms. The molecule has 0 aromatic rings. The van der Waals surface area contributed by atoms with Crippen molar-refractivity contribution in [3.63, 3.8) is 0 Å². The van der Waals surface area contributed by atoms with Crippen molar-refractivity contribution in [2.45, 2.75) is 6.92 Å². The second kappa shape index (κ2) is 2.19. The molecule has 0 aromatic heterocycles. The number of nitrogens with one attached hydrogen (secondary N) is 1. The van der Waals surface area contributed by atoms with Crippen LogP contribution in [0.4, 0.5) is 0 Å². The van der Waals surface area contributed by atoms with Gasteiger partial charge in [0.05, 0.1) is 0 Å². The summed E-state index contributed by atoms with van der Waals surface area (Å²) in [5.74, 6) is -2.11. The molecule has 0 aliphatic carbocycles. The summed E-state index contributed by atoms with van der Waals surface area (Å²) in [5, 5.41) is 0. The number of hydrogen-bond donors (Lipinski definition) is 1. The van der Waals surface area contributed by atoms with E-state index in [1.54, 1.807) is 4.72 Å². The number of rotatable bonds is 1. The van der Waals surface area contributed by atoms with E-state index in [9.17, 15) is 18.0 Å². The molecule has 7 heteroatoms. The first kappa shape index (κ1) is 7.99. The molecule has 0 aromatic carbocycles. The van der Waals surface area contributed by atoms with Crippen molar-refractivity contribution < 1.29 is 18.0 Å². The maximum atomic E-state index is 10.8. The largest absolute Gasteiger partial charge is 0.329 e. The van der Waals surface area contributed by atoms with E-state index >= 15 is 0 Å². The van der Waals surface area contributed by atoms with Crippen LogP contribution in [0.5, 0.6) is 0 Å². The molecule has 0 unspecified atom stereocenters. The van der Waals surface area contributed by atoms with Gasteiger partial charge >= 0.3 is 22.0 Å². The molecule has 0 radical (unpaired) electrons. The lowest BCUT2D eigenvalue weighted by atomic mass is 10.5. The Bertz CT molecular complexity index is 306. The number of likely N-dealkylation sites (N-methyl/N-ethyl adjacent to an activating group) is 1. The van der Waals surface area contributed by atoms with Crippen molar-refractivity contribution in [1.29, 1.82) is 0 Å². The van der Waals surface area contributed by atoms with E-state index in [0.29, 0.717) is 4.31 Å². The Labute approximate surface area is 63.4 Å². The highest BCUT2D eigenvalue weighted by Crippen LogP contribution is 2.05. The first-order valence-corrected chi connectivity index (χ1v) is 4.32. The predicted molar refractivity (Wildman–Crippen MR) is 34.4 cm³/mol. The van der Waals surface area contributed by atoms with E-state index in [1.165, 1.54) is 6.92 Å². The Hall–Kier alpha value is -1.11. The Morgan fingerprint density at radius 1 is 1.45 bits per heavy atom. The van der Waals surface area contributed by atoms with E-state index in [0.717, 1.165) is 0 Å². The minimum absolute atomic E-state index is 0.0279. The van der Waals surface area contributed by atoms with Gasteiger partial charge in [-0.05, 0) is 6.92 Å². The maximum Gasteiger partial charge on any atom is 0.329 e. The smallest absolute Gasteiger partial charge is 0.262 e. The SMILES string of the molecule is CCN1C(=O)C(=O)NS1(=O)=O. The average molecular weight is 178 g/mol. The molecule has 0 saturated carbocycles. The summed E-state index contributed by atoms with van der Waals surface area (Å²) >= 11 is 0. The summed E-state index contributed by atoms with van der Waals surface area (Å²) < 4.78 is 23.6. The molecule has 1 aliphatic heterocycles. The highest BCUT2D eigenvalue weighted by molar-refractivity contribution is 7.89. The third kappa shape index (κ3) is 1.07. The van der Waals surface area contributed by atoms with Gasteiger partial charge in [-0.25, -0.2) is 9.03 Å². The van der Waals surface area contributed by atoms with Gasteiger partial charge < -0.3 is 0 Å². The molecule has 2 amide bonds. The van der Waals surface area contributed by atoms with E-state index in [4.69, 9.17) is 0 Å². The Kier molecular flexibility index (Phi) is 1.59.